The third kappa shape index (κ3) is 4.73. The van der Waals surface area contributed by atoms with E-state index < -0.39 is 17.7 Å². The van der Waals surface area contributed by atoms with Gasteiger partial charge >= 0.3 is 0 Å². The Bertz CT molecular complexity index is 962. The Morgan fingerprint density at radius 1 is 1.22 bits per heavy atom. The lowest BCUT2D eigenvalue weighted by Crippen LogP contribution is -2.28. The zero-order valence-corrected chi connectivity index (χ0v) is 15.7. The van der Waals surface area contributed by atoms with Crippen LogP contribution in [-0.2, 0) is 20.8 Å². The third-order valence-corrected chi connectivity index (χ3v) is 4.73. The summed E-state index contributed by atoms with van der Waals surface area (Å²) in [5.74, 6) is -2.15. The van der Waals surface area contributed by atoms with Crippen LogP contribution in [0.25, 0.3) is 0 Å². The first kappa shape index (κ1) is 18.7. The molecule has 138 valence electrons. The maximum Gasteiger partial charge on any atom is 0.262 e. The van der Waals surface area contributed by atoms with Crippen molar-refractivity contribution in [1.29, 1.82) is 0 Å². The predicted molar refractivity (Wildman–Crippen MR) is 105 cm³/mol. The maximum atomic E-state index is 12.2. The fourth-order valence-electron chi connectivity index (χ4n) is 2.58. The second-order valence-electron chi connectivity index (χ2n) is 6.16. The first-order valence-electron chi connectivity index (χ1n) is 8.29. The van der Waals surface area contributed by atoms with Crippen molar-refractivity contribution in [2.75, 3.05) is 10.6 Å². The van der Waals surface area contributed by atoms with Gasteiger partial charge in [0.25, 0.3) is 5.91 Å². The van der Waals surface area contributed by atoms with Crippen LogP contribution in [-0.4, -0.2) is 28.9 Å². The van der Waals surface area contributed by atoms with E-state index in [1.54, 1.807) is 11.5 Å². The summed E-state index contributed by atoms with van der Waals surface area (Å²) in [5.41, 5.74) is 3.42. The number of hydrogen-bond donors (Lipinski definition) is 2. The number of aromatic nitrogens is 1. The lowest BCUT2D eigenvalue weighted by atomic mass is 10.1. The second-order valence-corrected chi connectivity index (χ2v) is 7.01. The molecule has 2 aromatic rings. The fraction of sp³-hybridized carbons (Fsp3) is 0.211. The number of aliphatic imine (C=N–C) groups is 1. The van der Waals surface area contributed by atoms with Crippen LogP contribution >= 0.6 is 11.3 Å². The molecular weight excluding hydrogens is 364 g/mol. The topological polar surface area (TPSA) is 101 Å². The van der Waals surface area contributed by atoms with E-state index in [2.05, 4.69) is 20.6 Å². The molecule has 1 atom stereocenters. The summed E-state index contributed by atoms with van der Waals surface area (Å²) in [4.78, 5) is 43.8. The number of allylic oxidation sites excluding steroid dienone is 1. The Morgan fingerprint density at radius 3 is 2.78 bits per heavy atom. The average molecular weight is 382 g/mol. The highest BCUT2D eigenvalue weighted by molar-refractivity contribution is 7.14. The van der Waals surface area contributed by atoms with Gasteiger partial charge in [0, 0.05) is 17.3 Å². The van der Waals surface area contributed by atoms with Gasteiger partial charge in [0.1, 0.15) is 5.92 Å². The quantitative estimate of drug-likeness (QED) is 0.777. The highest BCUT2D eigenvalue weighted by Gasteiger charge is 2.25. The van der Waals surface area contributed by atoms with Gasteiger partial charge in [-0.15, -0.1) is 11.3 Å². The molecule has 8 heteroatoms. The molecule has 1 unspecified atom stereocenters. The Kier molecular flexibility index (Phi) is 5.56. The number of dihydropyridines is 1. The van der Waals surface area contributed by atoms with E-state index >= 15 is 0 Å². The van der Waals surface area contributed by atoms with E-state index in [9.17, 15) is 14.4 Å². The Balaban J connectivity index is 1.58. The van der Waals surface area contributed by atoms with Crippen molar-refractivity contribution in [2.24, 2.45) is 10.9 Å². The predicted octanol–water partition coefficient (Wildman–Crippen LogP) is 2.66. The number of rotatable bonds is 5. The highest BCUT2D eigenvalue weighted by Crippen LogP contribution is 2.20. The van der Waals surface area contributed by atoms with E-state index in [1.165, 1.54) is 23.6 Å². The molecule has 0 bridgehead atoms. The molecule has 0 spiro atoms. The van der Waals surface area contributed by atoms with Crippen LogP contribution in [0, 0.1) is 19.8 Å². The van der Waals surface area contributed by atoms with E-state index in [1.807, 2.05) is 32.0 Å². The van der Waals surface area contributed by atoms with Gasteiger partial charge in [-0.25, -0.2) is 9.98 Å². The molecule has 3 rings (SSSR count). The van der Waals surface area contributed by atoms with Crippen LogP contribution in [0.3, 0.4) is 0 Å². The van der Waals surface area contributed by atoms with Crippen molar-refractivity contribution in [2.45, 2.75) is 20.3 Å². The SMILES string of the molecule is Cc1ccc(NC(=O)Cc2csc(NC(=O)C3C=CC=NC3=O)n2)c(C)c1. The fourth-order valence-corrected chi connectivity index (χ4v) is 3.29. The molecule has 7 nitrogen and oxygen atoms in total. The minimum atomic E-state index is -0.949. The molecule has 0 saturated carbocycles. The average Bonchev–Trinajstić information content (AvgIpc) is 3.04. The number of amides is 3. The molecule has 0 saturated heterocycles. The van der Waals surface area contributed by atoms with Crippen molar-refractivity contribution < 1.29 is 14.4 Å². The zero-order valence-electron chi connectivity index (χ0n) is 14.9. The molecule has 1 aromatic heterocycles. The summed E-state index contributed by atoms with van der Waals surface area (Å²) in [6, 6.07) is 5.80. The van der Waals surface area contributed by atoms with Crippen molar-refractivity contribution in [3.8, 4) is 0 Å². The van der Waals surface area contributed by atoms with E-state index in [0.717, 1.165) is 16.8 Å². The summed E-state index contributed by atoms with van der Waals surface area (Å²) < 4.78 is 0. The van der Waals surface area contributed by atoms with Gasteiger partial charge in [-0.3, -0.25) is 14.4 Å². The summed E-state index contributed by atoms with van der Waals surface area (Å²) in [6.07, 6.45) is 4.47. The number of anilines is 2. The molecule has 2 N–H and O–H groups in total. The van der Waals surface area contributed by atoms with Gasteiger partial charge in [-0.1, -0.05) is 23.8 Å². The van der Waals surface area contributed by atoms with Crippen LogP contribution in [0.2, 0.25) is 0 Å². The van der Waals surface area contributed by atoms with E-state index in [-0.39, 0.29) is 12.3 Å². The first-order chi connectivity index (χ1) is 12.9. The Labute approximate surface area is 160 Å². The van der Waals surface area contributed by atoms with Crippen LogP contribution in [0.5, 0.6) is 0 Å². The molecule has 1 aromatic carbocycles. The maximum absolute atomic E-state index is 12.2. The Hall–Kier alpha value is -3.13. The standard InChI is InChI=1S/C19H18N4O3S/c1-11-5-6-15(12(2)8-11)22-16(24)9-13-10-27-19(21-13)23-18(26)14-4-3-7-20-17(14)25/h3-8,10,14H,9H2,1-2H3,(H,22,24)(H,21,23,26). The summed E-state index contributed by atoms with van der Waals surface area (Å²) >= 11 is 1.20. The lowest BCUT2D eigenvalue weighted by molar-refractivity contribution is -0.128. The summed E-state index contributed by atoms with van der Waals surface area (Å²) in [7, 11) is 0. The first-order valence-corrected chi connectivity index (χ1v) is 9.17. The van der Waals surface area contributed by atoms with Gasteiger partial charge in [0.15, 0.2) is 5.13 Å². The number of thiazole rings is 1. The number of aryl methyl sites for hydroxylation is 2. The van der Waals surface area contributed by atoms with Gasteiger partial charge in [-0.05, 0) is 31.6 Å². The number of hydrogen-bond acceptors (Lipinski definition) is 5. The van der Waals surface area contributed by atoms with Crippen molar-refractivity contribution in [3.63, 3.8) is 0 Å². The van der Waals surface area contributed by atoms with Crippen LogP contribution < -0.4 is 10.6 Å². The van der Waals surface area contributed by atoms with Gasteiger partial charge in [0.05, 0.1) is 12.1 Å². The normalized spacial score (nSPS) is 15.6. The van der Waals surface area contributed by atoms with Gasteiger partial charge in [0.2, 0.25) is 11.8 Å². The molecule has 0 aliphatic carbocycles. The number of benzene rings is 1. The monoisotopic (exact) mass is 382 g/mol. The molecule has 0 fully saturated rings. The molecular formula is C19H18N4O3S. The molecule has 0 radical (unpaired) electrons. The summed E-state index contributed by atoms with van der Waals surface area (Å²) in [5, 5.41) is 7.49. The number of nitrogens with zero attached hydrogens (tertiary/aromatic N) is 2. The number of carbonyl (C=O) groups is 3. The number of carbonyl (C=O) groups excluding carboxylic acids is 3. The molecule has 27 heavy (non-hydrogen) atoms. The van der Waals surface area contributed by atoms with E-state index in [0.29, 0.717) is 10.8 Å². The highest BCUT2D eigenvalue weighted by atomic mass is 32.1. The molecule has 1 aliphatic rings. The van der Waals surface area contributed by atoms with E-state index in [4.69, 9.17) is 0 Å². The Morgan fingerprint density at radius 2 is 2.04 bits per heavy atom. The van der Waals surface area contributed by atoms with Crippen LogP contribution in [0.4, 0.5) is 10.8 Å². The summed E-state index contributed by atoms with van der Waals surface area (Å²) in [6.45, 7) is 3.93. The minimum Gasteiger partial charge on any atom is -0.326 e. The smallest absolute Gasteiger partial charge is 0.262 e. The number of nitrogens with one attached hydrogen (secondary N) is 2. The van der Waals surface area contributed by atoms with Crippen LogP contribution in [0.1, 0.15) is 16.8 Å². The van der Waals surface area contributed by atoms with Crippen LogP contribution in [0.15, 0.2) is 40.7 Å². The largest absolute Gasteiger partial charge is 0.326 e. The third-order valence-electron chi connectivity index (χ3n) is 3.92. The lowest BCUT2D eigenvalue weighted by Gasteiger charge is -2.09. The van der Waals surface area contributed by atoms with Crippen molar-refractivity contribution >= 4 is 46.1 Å². The molecule has 1 aliphatic heterocycles. The van der Waals surface area contributed by atoms with Gasteiger partial charge in [-0.2, -0.15) is 0 Å². The van der Waals surface area contributed by atoms with Crippen molar-refractivity contribution in [3.05, 3.63) is 52.6 Å². The van der Waals surface area contributed by atoms with Crippen molar-refractivity contribution in [1.82, 2.24) is 4.98 Å². The molecule has 3 amide bonds. The second kappa shape index (κ2) is 8.05. The zero-order chi connectivity index (χ0) is 19.4. The van der Waals surface area contributed by atoms with Gasteiger partial charge < -0.3 is 10.6 Å². The molecule has 2 heterocycles. The minimum absolute atomic E-state index is 0.0895.